The molecule has 0 spiro atoms. The Kier molecular flexibility index (Phi) is 7.59. The maximum Gasteiger partial charge on any atom is 0.255 e. The van der Waals surface area contributed by atoms with Crippen molar-refractivity contribution in [3.63, 3.8) is 0 Å². The highest BCUT2D eigenvalue weighted by molar-refractivity contribution is 6.24. The van der Waals surface area contributed by atoms with Crippen molar-refractivity contribution in [3.8, 4) is 5.75 Å². The van der Waals surface area contributed by atoms with Gasteiger partial charge in [0.05, 0.1) is 23.6 Å². The topological polar surface area (TPSA) is 188 Å². The van der Waals surface area contributed by atoms with Gasteiger partial charge in [-0.3, -0.25) is 24.2 Å². The SMILES string of the molecule is C[C@H]1c2c(N(C)C)cc(CN3CCC(F)(F)CC3)c(O)c2C(O)=C2C(=O)[C@]3(O)C(O)=C(C(N)=O)C(=O)[C@@H](N(C)C)C3[C@@H](O)C21. The van der Waals surface area contributed by atoms with Crippen LogP contribution in [0.5, 0.6) is 5.75 Å². The lowest BCUT2D eigenvalue weighted by atomic mass is 9.54. The number of aromatic hydroxyl groups is 1. The highest BCUT2D eigenvalue weighted by Crippen LogP contribution is 2.58. The lowest BCUT2D eigenvalue weighted by Crippen LogP contribution is -2.70. The summed E-state index contributed by atoms with van der Waals surface area (Å²) in [5.41, 5.74) is 1.94. The van der Waals surface area contributed by atoms with Crippen LogP contribution in [0.15, 0.2) is 23.0 Å². The number of alkyl halides is 2. The molecule has 1 heterocycles. The number of aliphatic hydroxyl groups is 4. The Morgan fingerprint density at radius 2 is 1.70 bits per heavy atom. The zero-order valence-electron chi connectivity index (χ0n) is 25.1. The van der Waals surface area contributed by atoms with Crippen LogP contribution in [0, 0.1) is 11.8 Å². The number of hydrogen-bond acceptors (Lipinski definition) is 11. The number of anilines is 1. The maximum atomic E-state index is 14.2. The normalized spacial score (nSPS) is 32.0. The molecule has 0 aromatic heterocycles. The van der Waals surface area contributed by atoms with Gasteiger partial charge < -0.3 is 36.2 Å². The molecule has 14 heteroatoms. The predicted octanol–water partition coefficient (Wildman–Crippen LogP) is 0.793. The minimum Gasteiger partial charge on any atom is -0.508 e. The van der Waals surface area contributed by atoms with Crippen molar-refractivity contribution in [1.82, 2.24) is 9.80 Å². The fraction of sp³-hybridized carbons (Fsp3) is 0.567. The number of Topliss-reactive ketones (excluding diaryl/α,β-unsaturated/α-hetero) is 2. The lowest BCUT2D eigenvalue weighted by Gasteiger charge is -2.54. The van der Waals surface area contributed by atoms with Crippen molar-refractivity contribution in [2.75, 3.05) is 46.2 Å². The van der Waals surface area contributed by atoms with E-state index in [1.165, 1.54) is 19.0 Å². The molecule has 1 saturated heterocycles. The van der Waals surface area contributed by atoms with E-state index >= 15 is 0 Å². The number of phenols is 1. The molecule has 2 fully saturated rings. The molecule has 240 valence electrons. The second-order valence-electron chi connectivity index (χ2n) is 12.8. The van der Waals surface area contributed by atoms with Gasteiger partial charge in [0.25, 0.3) is 11.8 Å². The molecule has 1 aliphatic heterocycles. The number of likely N-dealkylation sites (N-methyl/N-ethyl adjacent to an activating group) is 1. The van der Waals surface area contributed by atoms with E-state index < -0.39 is 87.3 Å². The first-order valence-electron chi connectivity index (χ1n) is 14.4. The van der Waals surface area contributed by atoms with Crippen LogP contribution in [0.3, 0.4) is 0 Å². The number of piperidine rings is 1. The van der Waals surface area contributed by atoms with Gasteiger partial charge >= 0.3 is 0 Å². The first-order valence-corrected chi connectivity index (χ1v) is 14.4. The molecular weight excluding hydrogens is 582 g/mol. The minimum atomic E-state index is -3.01. The van der Waals surface area contributed by atoms with E-state index in [0.29, 0.717) is 16.8 Å². The fourth-order valence-electron chi connectivity index (χ4n) is 7.57. The molecule has 12 nitrogen and oxygen atoms in total. The molecule has 1 saturated carbocycles. The Labute approximate surface area is 252 Å². The van der Waals surface area contributed by atoms with Crippen LogP contribution in [0.1, 0.15) is 42.4 Å². The van der Waals surface area contributed by atoms with Gasteiger partial charge in [0.1, 0.15) is 22.8 Å². The summed E-state index contributed by atoms with van der Waals surface area (Å²) in [6.45, 7) is 1.88. The maximum absolute atomic E-state index is 14.2. The number of phenolic OH excluding ortho intramolecular Hbond substituents is 1. The molecular formula is C30H38F2N4O8. The molecule has 2 unspecified atom stereocenters. The summed E-state index contributed by atoms with van der Waals surface area (Å²) in [5.74, 6) is -12.5. The van der Waals surface area contributed by atoms with Crippen molar-refractivity contribution < 1.29 is 48.7 Å². The minimum absolute atomic E-state index is 0.0666. The second kappa shape index (κ2) is 10.5. The third kappa shape index (κ3) is 4.41. The number of nitrogens with zero attached hydrogens (tertiary/aromatic N) is 3. The Morgan fingerprint density at radius 3 is 2.23 bits per heavy atom. The van der Waals surface area contributed by atoms with Crippen LogP contribution in [0.25, 0.3) is 5.76 Å². The summed E-state index contributed by atoms with van der Waals surface area (Å²) in [4.78, 5) is 44.6. The molecule has 1 amide bonds. The van der Waals surface area contributed by atoms with Crippen LogP contribution < -0.4 is 10.6 Å². The molecule has 5 rings (SSSR count). The van der Waals surface area contributed by atoms with Crippen LogP contribution in [-0.2, 0) is 20.9 Å². The lowest BCUT2D eigenvalue weighted by molar-refractivity contribution is -0.169. The molecule has 3 aliphatic carbocycles. The molecule has 44 heavy (non-hydrogen) atoms. The van der Waals surface area contributed by atoms with Crippen LogP contribution >= 0.6 is 0 Å². The van der Waals surface area contributed by atoms with Gasteiger partial charge in [-0.15, -0.1) is 0 Å². The number of carbonyl (C=O) groups excluding carboxylic acids is 3. The van der Waals surface area contributed by atoms with E-state index in [4.69, 9.17) is 5.73 Å². The van der Waals surface area contributed by atoms with Crippen LogP contribution in [-0.4, -0.2) is 118 Å². The highest BCUT2D eigenvalue weighted by Gasteiger charge is 2.68. The van der Waals surface area contributed by atoms with Gasteiger partial charge in [-0.25, -0.2) is 8.78 Å². The van der Waals surface area contributed by atoms with Gasteiger partial charge in [-0.2, -0.15) is 0 Å². The van der Waals surface area contributed by atoms with Gasteiger partial charge in [-0.05, 0) is 31.6 Å². The number of nitrogens with two attached hydrogens (primary N) is 1. The summed E-state index contributed by atoms with van der Waals surface area (Å²) in [6, 6.07) is 0.222. The van der Waals surface area contributed by atoms with Crippen molar-refractivity contribution >= 4 is 28.9 Å². The van der Waals surface area contributed by atoms with Gasteiger partial charge in [-0.1, -0.05) is 6.92 Å². The number of primary amides is 1. The first-order chi connectivity index (χ1) is 20.4. The summed E-state index contributed by atoms with van der Waals surface area (Å²) in [6.07, 6.45) is -2.40. The zero-order valence-corrected chi connectivity index (χ0v) is 25.1. The Balaban J connectivity index is 1.73. The average Bonchev–Trinajstić information content (AvgIpc) is 2.92. The third-order valence-corrected chi connectivity index (χ3v) is 9.74. The highest BCUT2D eigenvalue weighted by atomic mass is 19.3. The number of fused-ring (bicyclic) bond motifs is 3. The Morgan fingerprint density at radius 1 is 1.11 bits per heavy atom. The number of hydrogen-bond donors (Lipinski definition) is 6. The van der Waals surface area contributed by atoms with Gasteiger partial charge in [0.2, 0.25) is 5.78 Å². The van der Waals surface area contributed by atoms with E-state index in [-0.39, 0.29) is 38.0 Å². The number of amides is 1. The number of likely N-dealkylation sites (tertiary alicyclic amines) is 1. The number of benzene rings is 1. The Bertz CT molecular complexity index is 1510. The van der Waals surface area contributed by atoms with E-state index in [1.54, 1.807) is 36.9 Å². The number of carbonyl (C=O) groups is 3. The second-order valence-corrected chi connectivity index (χ2v) is 12.8. The molecule has 4 aliphatic rings. The third-order valence-electron chi connectivity index (χ3n) is 9.74. The predicted molar refractivity (Wildman–Crippen MR) is 154 cm³/mol. The molecule has 1 aromatic rings. The largest absolute Gasteiger partial charge is 0.508 e. The van der Waals surface area contributed by atoms with Crippen molar-refractivity contribution in [3.05, 3.63) is 39.7 Å². The summed E-state index contributed by atoms with van der Waals surface area (Å²) in [7, 11) is 6.32. The number of ketones is 2. The average molecular weight is 621 g/mol. The van der Waals surface area contributed by atoms with Gasteiger partial charge in [0.15, 0.2) is 11.4 Å². The van der Waals surface area contributed by atoms with E-state index in [9.17, 15) is 48.7 Å². The fourth-order valence-corrected chi connectivity index (χ4v) is 7.57. The molecule has 1 aromatic carbocycles. The standard InChI is InChI=1S/C30H38F2N4O8/c1-12-15-14(34(2)3)10-13(11-36-8-6-29(31,32)7-9-36)22(37)17(15)23(38)18-16(12)24(39)20-21(35(4)5)25(40)19(28(33)43)27(42)30(20,44)26(18)41/h10,12,16,20-21,24,37-39,42,44H,6-9,11H2,1-5H3,(H2,33,43)/t12-,16?,20?,21-,24-,30-/m0/s1. The molecule has 0 radical (unpaired) electrons. The van der Waals surface area contributed by atoms with E-state index in [1.807, 2.05) is 0 Å². The first kappa shape index (κ1) is 31.8. The molecule has 0 bridgehead atoms. The number of halogens is 2. The van der Waals surface area contributed by atoms with Crippen LogP contribution in [0.4, 0.5) is 14.5 Å². The summed E-state index contributed by atoms with van der Waals surface area (Å²) in [5, 5.41) is 58.0. The summed E-state index contributed by atoms with van der Waals surface area (Å²) < 4.78 is 27.6. The monoisotopic (exact) mass is 620 g/mol. The van der Waals surface area contributed by atoms with E-state index in [2.05, 4.69) is 0 Å². The van der Waals surface area contributed by atoms with Gasteiger partial charge in [0, 0.05) is 69.3 Å². The smallest absolute Gasteiger partial charge is 0.255 e. The summed E-state index contributed by atoms with van der Waals surface area (Å²) >= 11 is 0. The van der Waals surface area contributed by atoms with Crippen molar-refractivity contribution in [1.29, 1.82) is 0 Å². The van der Waals surface area contributed by atoms with Crippen molar-refractivity contribution in [2.45, 2.75) is 55.9 Å². The number of aliphatic hydroxyl groups excluding tert-OH is 3. The Hall–Kier alpha value is -3.59. The zero-order chi connectivity index (χ0) is 32.8. The molecule has 6 atom stereocenters. The number of rotatable bonds is 5. The van der Waals surface area contributed by atoms with E-state index in [0.717, 1.165) is 0 Å². The molecule has 7 N–H and O–H groups in total. The quantitative estimate of drug-likeness (QED) is 0.256. The van der Waals surface area contributed by atoms with Crippen molar-refractivity contribution in [2.24, 2.45) is 17.6 Å². The van der Waals surface area contributed by atoms with Crippen LogP contribution in [0.2, 0.25) is 0 Å².